The molecule has 0 spiro atoms. The number of hydrogen-bond donors (Lipinski definition) is 0. The summed E-state index contributed by atoms with van der Waals surface area (Å²) < 4.78 is 46.4. The number of alkyl halides is 3. The van der Waals surface area contributed by atoms with Gasteiger partial charge in [-0.2, -0.15) is 18.3 Å². The van der Waals surface area contributed by atoms with Crippen molar-refractivity contribution in [3.63, 3.8) is 0 Å². The van der Waals surface area contributed by atoms with E-state index in [1.54, 1.807) is 29.9 Å². The number of benzene rings is 2. The summed E-state index contributed by atoms with van der Waals surface area (Å²) in [4.78, 5) is 17.0. The molecule has 0 bridgehead atoms. The second-order valence-electron chi connectivity index (χ2n) is 8.93. The highest BCUT2D eigenvalue weighted by molar-refractivity contribution is 6.30. The van der Waals surface area contributed by atoms with Gasteiger partial charge in [0.25, 0.3) is 5.91 Å². The number of carbonyl (C=O) groups is 1. The van der Waals surface area contributed by atoms with Crippen molar-refractivity contribution < 1.29 is 22.7 Å². The summed E-state index contributed by atoms with van der Waals surface area (Å²) in [5.41, 5.74) is 2.27. The molecule has 36 heavy (non-hydrogen) atoms. The zero-order valence-corrected chi connectivity index (χ0v) is 20.9. The van der Waals surface area contributed by atoms with E-state index in [1.165, 1.54) is 12.1 Å². The molecule has 0 aliphatic carbocycles. The van der Waals surface area contributed by atoms with Gasteiger partial charge in [0.15, 0.2) is 0 Å². The topological polar surface area (TPSA) is 50.6 Å². The van der Waals surface area contributed by atoms with Crippen LogP contribution in [0.1, 0.15) is 39.0 Å². The monoisotopic (exact) mass is 520 g/mol. The van der Waals surface area contributed by atoms with E-state index in [2.05, 4.69) is 10.00 Å². The third-order valence-electron chi connectivity index (χ3n) is 6.28. The molecular weight excluding hydrogens is 493 g/mol. The van der Waals surface area contributed by atoms with Gasteiger partial charge in [0.05, 0.1) is 24.0 Å². The van der Waals surface area contributed by atoms with Gasteiger partial charge in [0, 0.05) is 44.8 Å². The SMILES string of the molecule is Cc1cc(C(=O)N2CCN(CC(OCc3ccc(C(F)(F)F)cc3)c3ccc(Cl)cc3)CC2)n(C)n1. The largest absolute Gasteiger partial charge is 0.416 e. The van der Waals surface area contributed by atoms with Gasteiger partial charge in [-0.05, 0) is 48.4 Å². The molecule has 0 N–H and O–H groups in total. The van der Waals surface area contributed by atoms with Gasteiger partial charge in [-0.15, -0.1) is 0 Å². The van der Waals surface area contributed by atoms with Crippen LogP contribution in [-0.4, -0.2) is 58.2 Å². The Bertz CT molecular complexity index is 1170. The van der Waals surface area contributed by atoms with Gasteiger partial charge < -0.3 is 9.64 Å². The van der Waals surface area contributed by atoms with Crippen LogP contribution in [0.4, 0.5) is 13.2 Å². The van der Waals surface area contributed by atoms with Crippen molar-refractivity contribution in [2.24, 2.45) is 7.05 Å². The lowest BCUT2D eigenvalue weighted by atomic mass is 10.1. The van der Waals surface area contributed by atoms with Gasteiger partial charge >= 0.3 is 6.18 Å². The van der Waals surface area contributed by atoms with Gasteiger partial charge in [0.1, 0.15) is 5.69 Å². The summed E-state index contributed by atoms with van der Waals surface area (Å²) in [6.45, 7) is 5.12. The second-order valence-corrected chi connectivity index (χ2v) is 9.37. The van der Waals surface area contributed by atoms with Crippen molar-refractivity contribution in [3.8, 4) is 0 Å². The zero-order valence-electron chi connectivity index (χ0n) is 20.1. The molecule has 3 aromatic rings. The molecule has 1 unspecified atom stereocenters. The van der Waals surface area contributed by atoms with Crippen molar-refractivity contribution in [2.75, 3.05) is 32.7 Å². The minimum Gasteiger partial charge on any atom is -0.368 e. The number of rotatable bonds is 7. The fourth-order valence-corrected chi connectivity index (χ4v) is 4.39. The fraction of sp³-hybridized carbons (Fsp3) is 0.385. The minimum atomic E-state index is -4.37. The number of ether oxygens (including phenoxy) is 1. The van der Waals surface area contributed by atoms with Crippen molar-refractivity contribution >= 4 is 17.5 Å². The molecule has 6 nitrogen and oxygen atoms in total. The second kappa shape index (κ2) is 11.0. The number of halogens is 4. The first-order valence-corrected chi connectivity index (χ1v) is 12.0. The van der Waals surface area contributed by atoms with E-state index in [9.17, 15) is 18.0 Å². The van der Waals surface area contributed by atoms with Crippen LogP contribution in [0, 0.1) is 6.92 Å². The molecule has 1 aliphatic heterocycles. The van der Waals surface area contributed by atoms with E-state index >= 15 is 0 Å². The maximum atomic E-state index is 12.9. The first-order valence-electron chi connectivity index (χ1n) is 11.7. The van der Waals surface area contributed by atoms with Crippen LogP contribution in [0.5, 0.6) is 0 Å². The first kappa shape index (κ1) is 26.2. The van der Waals surface area contributed by atoms with E-state index < -0.39 is 11.7 Å². The molecule has 4 rings (SSSR count). The normalized spacial score (nSPS) is 15.8. The smallest absolute Gasteiger partial charge is 0.368 e. The molecule has 1 aliphatic rings. The minimum absolute atomic E-state index is 0.0365. The Morgan fingerprint density at radius 3 is 2.25 bits per heavy atom. The molecule has 192 valence electrons. The molecule has 2 heterocycles. The molecule has 0 saturated carbocycles. The summed E-state index contributed by atoms with van der Waals surface area (Å²) in [5, 5.41) is 4.87. The standard InChI is InChI=1S/C26H28ClF3N4O2/c1-18-15-23(32(2)31-18)25(35)34-13-11-33(12-14-34)16-24(20-5-9-22(27)10-6-20)36-17-19-3-7-21(8-4-19)26(28,29)30/h3-10,15,24H,11-14,16-17H2,1-2H3. The Kier molecular flexibility index (Phi) is 8.02. The van der Waals surface area contributed by atoms with E-state index in [0.29, 0.717) is 49.0 Å². The number of piperazine rings is 1. The van der Waals surface area contributed by atoms with E-state index in [0.717, 1.165) is 23.4 Å². The van der Waals surface area contributed by atoms with Gasteiger partial charge in [-0.3, -0.25) is 14.4 Å². The molecule has 2 aromatic carbocycles. The van der Waals surface area contributed by atoms with E-state index in [-0.39, 0.29) is 18.6 Å². The Morgan fingerprint density at radius 1 is 1.06 bits per heavy atom. The Labute approximate surface area is 213 Å². The maximum Gasteiger partial charge on any atom is 0.416 e. The Morgan fingerprint density at radius 2 is 1.69 bits per heavy atom. The van der Waals surface area contributed by atoms with Crippen LogP contribution in [0.15, 0.2) is 54.6 Å². The highest BCUT2D eigenvalue weighted by Gasteiger charge is 2.30. The Hall–Kier alpha value is -2.88. The van der Waals surface area contributed by atoms with Crippen LogP contribution in [0.25, 0.3) is 0 Å². The number of nitrogens with zero attached hydrogens (tertiary/aromatic N) is 4. The molecule has 1 atom stereocenters. The lowest BCUT2D eigenvalue weighted by Crippen LogP contribution is -2.50. The average Bonchev–Trinajstić information content (AvgIpc) is 3.19. The van der Waals surface area contributed by atoms with Crippen LogP contribution in [0.2, 0.25) is 5.02 Å². The maximum absolute atomic E-state index is 12.9. The number of hydrogen-bond acceptors (Lipinski definition) is 4. The van der Waals surface area contributed by atoms with E-state index in [1.807, 2.05) is 24.0 Å². The van der Waals surface area contributed by atoms with Crippen LogP contribution < -0.4 is 0 Å². The predicted octanol–water partition coefficient (Wildman–Crippen LogP) is 5.12. The van der Waals surface area contributed by atoms with Crippen LogP contribution in [-0.2, 0) is 24.6 Å². The highest BCUT2D eigenvalue weighted by atomic mass is 35.5. The lowest BCUT2D eigenvalue weighted by molar-refractivity contribution is -0.137. The van der Waals surface area contributed by atoms with Crippen molar-refractivity contribution in [2.45, 2.75) is 25.8 Å². The highest BCUT2D eigenvalue weighted by Crippen LogP contribution is 2.30. The predicted molar refractivity (Wildman–Crippen MR) is 131 cm³/mol. The summed E-state index contributed by atoms with van der Waals surface area (Å²) in [5.74, 6) is -0.0365. The molecule has 1 aromatic heterocycles. The summed E-state index contributed by atoms with van der Waals surface area (Å²) in [6.07, 6.45) is -4.68. The van der Waals surface area contributed by atoms with Crippen molar-refractivity contribution in [3.05, 3.63) is 87.7 Å². The van der Waals surface area contributed by atoms with Gasteiger partial charge in [-0.1, -0.05) is 35.9 Å². The summed E-state index contributed by atoms with van der Waals surface area (Å²) >= 11 is 6.05. The first-order chi connectivity index (χ1) is 17.1. The van der Waals surface area contributed by atoms with Gasteiger partial charge in [0.2, 0.25) is 0 Å². The van der Waals surface area contributed by atoms with Crippen molar-refractivity contribution in [1.29, 1.82) is 0 Å². The zero-order chi connectivity index (χ0) is 25.9. The molecule has 1 saturated heterocycles. The number of carbonyl (C=O) groups excluding carboxylic acids is 1. The number of amides is 1. The molecule has 1 fully saturated rings. The molecule has 10 heteroatoms. The van der Waals surface area contributed by atoms with Crippen molar-refractivity contribution in [1.82, 2.24) is 19.6 Å². The summed E-state index contributed by atoms with van der Waals surface area (Å²) in [7, 11) is 1.77. The average molecular weight is 521 g/mol. The number of aromatic nitrogens is 2. The number of aryl methyl sites for hydroxylation is 2. The Balaban J connectivity index is 1.39. The van der Waals surface area contributed by atoms with Crippen LogP contribution in [0.3, 0.4) is 0 Å². The lowest BCUT2D eigenvalue weighted by Gasteiger charge is -2.36. The third kappa shape index (κ3) is 6.46. The fourth-order valence-electron chi connectivity index (χ4n) is 4.26. The quantitative estimate of drug-likeness (QED) is 0.434. The molecule has 1 amide bonds. The third-order valence-corrected chi connectivity index (χ3v) is 6.53. The van der Waals surface area contributed by atoms with Gasteiger partial charge in [-0.25, -0.2) is 0 Å². The van der Waals surface area contributed by atoms with Crippen LogP contribution >= 0.6 is 11.6 Å². The molecular formula is C26H28ClF3N4O2. The van der Waals surface area contributed by atoms with E-state index in [4.69, 9.17) is 16.3 Å². The molecule has 0 radical (unpaired) electrons. The summed E-state index contributed by atoms with van der Waals surface area (Å²) in [6, 6.07) is 14.2.